The van der Waals surface area contributed by atoms with E-state index >= 15 is 0 Å². The molecule has 1 unspecified atom stereocenters. The zero-order chi connectivity index (χ0) is 20.6. The first-order chi connectivity index (χ1) is 13.8. The van der Waals surface area contributed by atoms with Crippen molar-refractivity contribution in [2.24, 2.45) is 5.41 Å². The summed E-state index contributed by atoms with van der Waals surface area (Å²) in [6, 6.07) is 2.21. The van der Waals surface area contributed by atoms with Gasteiger partial charge in [-0.25, -0.2) is 14.8 Å². The van der Waals surface area contributed by atoms with Gasteiger partial charge in [-0.2, -0.15) is 0 Å². The number of nitrogens with zero attached hydrogens (tertiary/aromatic N) is 4. The third-order valence-corrected chi connectivity index (χ3v) is 6.84. The molecule has 2 aliphatic rings. The number of likely N-dealkylation sites (tertiary alicyclic amines) is 1. The van der Waals surface area contributed by atoms with Gasteiger partial charge in [0.05, 0.1) is 12.0 Å². The Labute approximate surface area is 176 Å². The molecule has 1 atom stereocenters. The normalized spacial score (nSPS) is 22.2. The summed E-state index contributed by atoms with van der Waals surface area (Å²) >= 11 is 1.72. The lowest BCUT2D eigenvalue weighted by molar-refractivity contribution is 0.0276. The highest BCUT2D eigenvalue weighted by atomic mass is 32.1. The highest BCUT2D eigenvalue weighted by Gasteiger charge is 2.46. The van der Waals surface area contributed by atoms with Crippen molar-refractivity contribution in [2.45, 2.75) is 45.6 Å². The van der Waals surface area contributed by atoms with Gasteiger partial charge in [-0.1, -0.05) is 0 Å². The summed E-state index contributed by atoms with van der Waals surface area (Å²) in [4.78, 5) is 28.1. The fraction of sp³-hybridized carbons (Fsp3) is 0.667. The summed E-state index contributed by atoms with van der Waals surface area (Å²) in [7, 11) is 1.73. The Hall–Kier alpha value is -1.93. The van der Waals surface area contributed by atoms with E-state index in [1.165, 1.54) is 4.88 Å². The quantitative estimate of drug-likeness (QED) is 0.754. The number of rotatable bonds is 4. The highest BCUT2D eigenvalue weighted by molar-refractivity contribution is 7.18. The third-order valence-electron chi connectivity index (χ3n) is 5.74. The minimum Gasteiger partial charge on any atom is -0.444 e. The zero-order valence-electron chi connectivity index (χ0n) is 17.7. The van der Waals surface area contributed by atoms with Gasteiger partial charge in [0.2, 0.25) is 0 Å². The van der Waals surface area contributed by atoms with Gasteiger partial charge in [0.25, 0.3) is 0 Å². The van der Waals surface area contributed by atoms with Crippen molar-refractivity contribution in [2.75, 3.05) is 44.8 Å². The first-order valence-corrected chi connectivity index (χ1v) is 11.1. The Bertz CT molecular complexity index is 894. The summed E-state index contributed by atoms with van der Waals surface area (Å²) in [5.41, 5.74) is -0.330. The number of methoxy groups -OCH3 is 1. The van der Waals surface area contributed by atoms with Crippen LogP contribution < -0.4 is 4.90 Å². The fourth-order valence-electron chi connectivity index (χ4n) is 4.34. The second-order valence-electron chi connectivity index (χ2n) is 9.20. The van der Waals surface area contributed by atoms with Crippen LogP contribution in [0.1, 0.15) is 38.5 Å². The molecule has 2 fully saturated rings. The van der Waals surface area contributed by atoms with Gasteiger partial charge in [-0.05, 0) is 39.7 Å². The van der Waals surface area contributed by atoms with Crippen LogP contribution in [0.3, 0.4) is 0 Å². The van der Waals surface area contributed by atoms with Gasteiger partial charge in [0.1, 0.15) is 22.6 Å². The van der Waals surface area contributed by atoms with E-state index < -0.39 is 5.60 Å². The number of ether oxygens (including phenoxy) is 2. The lowest BCUT2D eigenvalue weighted by Crippen LogP contribution is -2.37. The van der Waals surface area contributed by atoms with E-state index in [1.807, 2.05) is 25.7 Å². The van der Waals surface area contributed by atoms with Crippen LogP contribution in [0, 0.1) is 5.41 Å². The second kappa shape index (κ2) is 7.72. The topological polar surface area (TPSA) is 67.8 Å². The third kappa shape index (κ3) is 4.33. The van der Waals surface area contributed by atoms with Crippen molar-refractivity contribution in [3.63, 3.8) is 0 Å². The van der Waals surface area contributed by atoms with Crippen molar-refractivity contribution >= 4 is 33.5 Å². The number of thiophene rings is 1. The summed E-state index contributed by atoms with van der Waals surface area (Å²) < 4.78 is 10.8. The van der Waals surface area contributed by atoms with Crippen LogP contribution in [0.2, 0.25) is 0 Å². The predicted molar refractivity (Wildman–Crippen MR) is 115 cm³/mol. The molecule has 4 heterocycles. The molecule has 0 N–H and O–H groups in total. The molecule has 0 aromatic carbocycles. The SMILES string of the molecule is COCCc1cc2c(N3CCC4(CCN(C(=O)OC(C)(C)C)C4)C3)ncnc2s1. The number of fused-ring (bicyclic) bond motifs is 1. The maximum Gasteiger partial charge on any atom is 0.410 e. The second-order valence-corrected chi connectivity index (χ2v) is 10.3. The van der Waals surface area contributed by atoms with Gasteiger partial charge in [-0.3, -0.25) is 0 Å². The Morgan fingerprint density at radius 2 is 2.03 bits per heavy atom. The molecule has 0 radical (unpaired) electrons. The maximum atomic E-state index is 12.5. The molecule has 8 heteroatoms. The van der Waals surface area contributed by atoms with Crippen molar-refractivity contribution < 1.29 is 14.3 Å². The Morgan fingerprint density at radius 1 is 1.24 bits per heavy atom. The van der Waals surface area contributed by atoms with Crippen molar-refractivity contribution in [1.82, 2.24) is 14.9 Å². The molecule has 2 aromatic rings. The van der Waals surface area contributed by atoms with E-state index in [4.69, 9.17) is 9.47 Å². The smallest absolute Gasteiger partial charge is 0.410 e. The zero-order valence-corrected chi connectivity index (χ0v) is 18.5. The Balaban J connectivity index is 1.48. The summed E-state index contributed by atoms with van der Waals surface area (Å²) in [6.07, 6.45) is 4.45. The maximum absolute atomic E-state index is 12.5. The molecule has 1 spiro atoms. The molecule has 4 rings (SSSR count). The van der Waals surface area contributed by atoms with Crippen LogP contribution in [-0.4, -0.2) is 66.5 Å². The van der Waals surface area contributed by atoms with Crippen LogP contribution in [0.4, 0.5) is 10.6 Å². The van der Waals surface area contributed by atoms with Gasteiger partial charge in [-0.15, -0.1) is 11.3 Å². The number of carbonyl (C=O) groups is 1. The molecule has 158 valence electrons. The number of hydrogen-bond acceptors (Lipinski definition) is 7. The Kier molecular flexibility index (Phi) is 5.42. The van der Waals surface area contributed by atoms with Crippen LogP contribution >= 0.6 is 11.3 Å². The molecule has 2 aromatic heterocycles. The van der Waals surface area contributed by atoms with Crippen LogP contribution in [-0.2, 0) is 15.9 Å². The minimum absolute atomic E-state index is 0.128. The first-order valence-electron chi connectivity index (χ1n) is 10.2. The molecular weight excluding hydrogens is 388 g/mol. The minimum atomic E-state index is -0.458. The number of aromatic nitrogens is 2. The highest BCUT2D eigenvalue weighted by Crippen LogP contribution is 2.42. The molecule has 7 nitrogen and oxygen atoms in total. The fourth-order valence-corrected chi connectivity index (χ4v) is 5.31. The predicted octanol–water partition coefficient (Wildman–Crippen LogP) is 3.72. The molecule has 2 aliphatic heterocycles. The molecule has 1 amide bonds. The van der Waals surface area contributed by atoms with Crippen molar-refractivity contribution in [3.05, 3.63) is 17.3 Å². The van der Waals surface area contributed by atoms with E-state index in [9.17, 15) is 4.79 Å². The standard InChI is InChI=1S/C21H30N4O3S/c1-20(2,3)28-19(26)25-9-7-21(13-25)6-8-24(12-21)17-16-11-15(5-10-27-4)29-18(16)23-14-22-17/h11,14H,5-10,12-13H2,1-4H3. The van der Waals surface area contributed by atoms with Crippen LogP contribution in [0.5, 0.6) is 0 Å². The van der Waals surface area contributed by atoms with Gasteiger partial charge in [0.15, 0.2) is 0 Å². The van der Waals surface area contributed by atoms with E-state index in [1.54, 1.807) is 24.8 Å². The summed E-state index contributed by atoms with van der Waals surface area (Å²) in [6.45, 7) is 9.85. The van der Waals surface area contributed by atoms with Crippen LogP contribution in [0.25, 0.3) is 10.2 Å². The number of hydrogen-bond donors (Lipinski definition) is 0. The molecule has 0 bridgehead atoms. The Morgan fingerprint density at radius 3 is 2.79 bits per heavy atom. The molecular formula is C21H30N4O3S. The average Bonchev–Trinajstić information content (AvgIpc) is 3.37. The van der Waals surface area contributed by atoms with Crippen molar-refractivity contribution in [1.29, 1.82) is 0 Å². The monoisotopic (exact) mass is 418 g/mol. The number of amides is 1. The average molecular weight is 419 g/mol. The molecule has 29 heavy (non-hydrogen) atoms. The van der Waals surface area contributed by atoms with E-state index in [0.717, 1.165) is 61.5 Å². The summed E-state index contributed by atoms with van der Waals surface area (Å²) in [5.74, 6) is 1.02. The largest absolute Gasteiger partial charge is 0.444 e. The van der Waals surface area contributed by atoms with E-state index in [0.29, 0.717) is 6.61 Å². The van der Waals surface area contributed by atoms with Crippen LogP contribution in [0.15, 0.2) is 12.4 Å². The molecule has 2 saturated heterocycles. The van der Waals surface area contributed by atoms with Gasteiger partial charge >= 0.3 is 6.09 Å². The van der Waals surface area contributed by atoms with Crippen molar-refractivity contribution in [3.8, 4) is 0 Å². The number of anilines is 1. The lowest BCUT2D eigenvalue weighted by Gasteiger charge is -2.27. The van der Waals surface area contributed by atoms with E-state index in [2.05, 4.69) is 20.9 Å². The number of carbonyl (C=O) groups excluding carboxylic acids is 1. The molecule has 0 saturated carbocycles. The first kappa shape index (κ1) is 20.3. The summed E-state index contributed by atoms with van der Waals surface area (Å²) in [5, 5.41) is 1.13. The van der Waals surface area contributed by atoms with Gasteiger partial charge in [0, 0.05) is 50.0 Å². The van der Waals surface area contributed by atoms with E-state index in [-0.39, 0.29) is 11.5 Å². The lowest BCUT2D eigenvalue weighted by atomic mass is 9.86. The molecule has 0 aliphatic carbocycles. The van der Waals surface area contributed by atoms with Gasteiger partial charge < -0.3 is 19.3 Å².